The molecule has 2 atom stereocenters. The third kappa shape index (κ3) is 6.18. The van der Waals surface area contributed by atoms with Crippen LogP contribution in [0.2, 0.25) is 10.0 Å². The van der Waals surface area contributed by atoms with Crippen molar-refractivity contribution in [2.45, 2.75) is 45.9 Å². The van der Waals surface area contributed by atoms with Crippen molar-refractivity contribution in [1.82, 2.24) is 19.8 Å². The number of hydrogen-bond donors (Lipinski definition) is 2. The summed E-state index contributed by atoms with van der Waals surface area (Å²) in [6.45, 7) is 8.18. The number of carboxylic acid groups (broad SMARTS) is 1. The normalized spacial score (nSPS) is 18.6. The van der Waals surface area contributed by atoms with Gasteiger partial charge in [0.1, 0.15) is 11.0 Å². The second-order valence-corrected chi connectivity index (χ2v) is 14.4. The van der Waals surface area contributed by atoms with E-state index in [1.807, 2.05) is 48.5 Å². The average Bonchev–Trinajstić information content (AvgIpc) is 3.89. The van der Waals surface area contributed by atoms with Gasteiger partial charge in [-0.05, 0) is 103 Å². The average molecular weight is 712 g/mol. The Morgan fingerprint density at radius 2 is 1.24 bits per heavy atom. The molecule has 256 valence electrons. The molecule has 6 aromatic rings. The molecule has 9 nitrogen and oxygen atoms in total. The van der Waals surface area contributed by atoms with E-state index in [2.05, 4.69) is 35.8 Å². The van der Waals surface area contributed by atoms with Crippen LogP contribution in [0.4, 0.5) is 0 Å². The minimum atomic E-state index is -0.747. The monoisotopic (exact) mass is 710 g/mol. The number of aromatic nitrogens is 2. The molecule has 2 aliphatic heterocycles. The van der Waals surface area contributed by atoms with E-state index in [1.165, 1.54) is 0 Å². The number of carboxylic acids is 1. The summed E-state index contributed by atoms with van der Waals surface area (Å²) >= 11 is 13.4. The number of fused-ring (bicyclic) bond motifs is 2. The molecule has 4 heterocycles. The first-order chi connectivity index (χ1) is 24.1. The van der Waals surface area contributed by atoms with Crippen LogP contribution in [0.1, 0.15) is 35.1 Å². The van der Waals surface area contributed by atoms with Gasteiger partial charge in [0.2, 0.25) is 11.8 Å². The van der Waals surface area contributed by atoms with Crippen molar-refractivity contribution in [2.24, 2.45) is 5.92 Å². The predicted molar refractivity (Wildman–Crippen MR) is 194 cm³/mol. The number of likely N-dealkylation sites (tertiary alicyclic amines) is 2. The van der Waals surface area contributed by atoms with Gasteiger partial charge in [-0.2, -0.15) is 0 Å². The van der Waals surface area contributed by atoms with Crippen molar-refractivity contribution in [3.8, 4) is 34.0 Å². The summed E-state index contributed by atoms with van der Waals surface area (Å²) in [6, 6.07) is 20.0. The van der Waals surface area contributed by atoms with Gasteiger partial charge in [0.25, 0.3) is 0 Å². The third-order valence-electron chi connectivity index (χ3n) is 10.1. The molecular formula is C39H36Cl2N4O5. The van der Waals surface area contributed by atoms with Crippen LogP contribution in [0, 0.1) is 19.8 Å². The topological polar surface area (TPSA) is 116 Å². The van der Waals surface area contributed by atoms with Gasteiger partial charge in [0, 0.05) is 43.9 Å². The van der Waals surface area contributed by atoms with E-state index < -0.39 is 5.97 Å². The molecule has 0 spiro atoms. The lowest BCUT2D eigenvalue weighted by molar-refractivity contribution is -0.141. The van der Waals surface area contributed by atoms with Crippen LogP contribution in [0.5, 0.6) is 0 Å². The Bertz CT molecular complexity index is 2280. The van der Waals surface area contributed by atoms with E-state index in [0.717, 1.165) is 64.0 Å². The third-order valence-corrected chi connectivity index (χ3v) is 10.7. The van der Waals surface area contributed by atoms with Crippen molar-refractivity contribution < 1.29 is 23.8 Å². The predicted octanol–water partition coefficient (Wildman–Crippen LogP) is 8.37. The summed E-state index contributed by atoms with van der Waals surface area (Å²) in [6.07, 6.45) is 1.15. The van der Waals surface area contributed by atoms with Crippen molar-refractivity contribution in [1.29, 1.82) is 0 Å². The summed E-state index contributed by atoms with van der Waals surface area (Å²) in [5.74, 6) is -0.105. The second kappa shape index (κ2) is 13.1. The first-order valence-corrected chi connectivity index (χ1v) is 17.6. The van der Waals surface area contributed by atoms with Crippen LogP contribution < -0.4 is 0 Å². The Balaban J connectivity index is 1.09. The molecule has 8 rings (SSSR count). The zero-order valence-electron chi connectivity index (χ0n) is 27.7. The molecule has 2 unspecified atom stereocenters. The van der Waals surface area contributed by atoms with Crippen LogP contribution in [0.25, 0.3) is 56.2 Å². The summed E-state index contributed by atoms with van der Waals surface area (Å²) in [5, 5.41) is 20.3. The molecule has 2 aliphatic rings. The molecule has 0 aliphatic carbocycles. The lowest BCUT2D eigenvalue weighted by Gasteiger charge is -2.15. The quantitative estimate of drug-likeness (QED) is 0.161. The molecule has 0 radical (unpaired) electrons. The number of aliphatic carboxylic acids is 1. The Morgan fingerprint density at radius 3 is 1.70 bits per heavy atom. The molecule has 2 N–H and O–H groups in total. The minimum Gasteiger partial charge on any atom is -0.481 e. The van der Waals surface area contributed by atoms with Crippen LogP contribution in [0.3, 0.4) is 0 Å². The van der Waals surface area contributed by atoms with Gasteiger partial charge in [-0.15, -0.1) is 0 Å². The maximum Gasteiger partial charge on any atom is 0.307 e. The number of aliphatic hydroxyl groups excluding tert-OH is 1. The van der Waals surface area contributed by atoms with Crippen LogP contribution in [0.15, 0.2) is 69.5 Å². The molecule has 11 heteroatoms. The van der Waals surface area contributed by atoms with Crippen molar-refractivity contribution >= 4 is 51.4 Å². The molecule has 0 bridgehead atoms. The van der Waals surface area contributed by atoms with Gasteiger partial charge < -0.3 is 19.0 Å². The Labute approximate surface area is 299 Å². The lowest BCUT2D eigenvalue weighted by atomic mass is 9.91. The fourth-order valence-corrected chi connectivity index (χ4v) is 8.03. The van der Waals surface area contributed by atoms with Gasteiger partial charge in [-0.1, -0.05) is 47.5 Å². The van der Waals surface area contributed by atoms with E-state index in [1.54, 1.807) is 0 Å². The summed E-state index contributed by atoms with van der Waals surface area (Å²) in [7, 11) is 0. The highest BCUT2D eigenvalue weighted by Crippen LogP contribution is 2.39. The van der Waals surface area contributed by atoms with Gasteiger partial charge in [0.15, 0.2) is 11.2 Å². The zero-order valence-corrected chi connectivity index (χ0v) is 29.3. The number of β-amino-alcohol motifs (C(OH)–C–C–N with tert-alkyl or cyclic N) is 1. The Morgan fingerprint density at radius 1 is 0.760 bits per heavy atom. The molecule has 2 saturated heterocycles. The van der Waals surface area contributed by atoms with Gasteiger partial charge in [0.05, 0.1) is 22.1 Å². The number of carbonyl (C=O) groups is 1. The molecule has 2 aromatic heterocycles. The van der Waals surface area contributed by atoms with E-state index >= 15 is 0 Å². The lowest BCUT2D eigenvalue weighted by Crippen LogP contribution is -2.22. The number of nitrogens with zero attached hydrogens (tertiary/aromatic N) is 4. The first-order valence-electron chi connectivity index (χ1n) is 16.8. The SMILES string of the molecule is Cc1c(-c2nc3cc(CN4CCC(O)C4)cc(Cl)c3o2)cccc1-c1cccc(-c2nc3cc(CN4CCC(C(=O)O)C4)cc(Cl)c3o2)c1C. The van der Waals surface area contributed by atoms with Crippen molar-refractivity contribution in [2.75, 3.05) is 26.2 Å². The molecular weight excluding hydrogens is 675 g/mol. The highest BCUT2D eigenvalue weighted by Gasteiger charge is 2.28. The summed E-state index contributed by atoms with van der Waals surface area (Å²) in [5.41, 5.74) is 10.3. The van der Waals surface area contributed by atoms with Crippen LogP contribution in [-0.4, -0.2) is 68.2 Å². The van der Waals surface area contributed by atoms with Gasteiger partial charge >= 0.3 is 5.97 Å². The molecule has 4 aromatic carbocycles. The smallest absolute Gasteiger partial charge is 0.307 e. The summed E-state index contributed by atoms with van der Waals surface area (Å²) < 4.78 is 12.5. The molecule has 0 amide bonds. The summed E-state index contributed by atoms with van der Waals surface area (Å²) in [4.78, 5) is 25.5. The highest BCUT2D eigenvalue weighted by atomic mass is 35.5. The van der Waals surface area contributed by atoms with Gasteiger partial charge in [-0.25, -0.2) is 9.97 Å². The Kier molecular flexibility index (Phi) is 8.65. The Hall–Kier alpha value is -4.25. The number of halogens is 2. The molecule has 2 fully saturated rings. The highest BCUT2D eigenvalue weighted by molar-refractivity contribution is 6.35. The van der Waals surface area contributed by atoms with Crippen molar-refractivity contribution in [3.63, 3.8) is 0 Å². The zero-order chi connectivity index (χ0) is 34.7. The van der Waals surface area contributed by atoms with Crippen LogP contribution in [-0.2, 0) is 17.9 Å². The van der Waals surface area contributed by atoms with Crippen LogP contribution >= 0.6 is 23.2 Å². The number of aliphatic hydroxyl groups is 1. The number of benzene rings is 4. The van der Waals surface area contributed by atoms with Crippen molar-refractivity contribution in [3.05, 3.63) is 93.0 Å². The van der Waals surface area contributed by atoms with E-state index in [9.17, 15) is 15.0 Å². The number of hydrogen-bond acceptors (Lipinski definition) is 8. The van der Waals surface area contributed by atoms with E-state index in [4.69, 9.17) is 42.0 Å². The number of rotatable bonds is 8. The van der Waals surface area contributed by atoms with E-state index in [0.29, 0.717) is 76.6 Å². The van der Waals surface area contributed by atoms with E-state index in [-0.39, 0.29) is 12.0 Å². The number of oxazole rings is 2. The largest absolute Gasteiger partial charge is 0.481 e. The fourth-order valence-electron chi connectivity index (χ4n) is 7.47. The maximum atomic E-state index is 11.4. The first kappa shape index (κ1) is 32.9. The fraction of sp³-hybridized carbons (Fsp3) is 0.308. The van der Waals surface area contributed by atoms with Gasteiger partial charge in [-0.3, -0.25) is 14.6 Å². The molecule has 0 saturated carbocycles. The molecule has 50 heavy (non-hydrogen) atoms. The minimum absolute atomic E-state index is 0.281. The maximum absolute atomic E-state index is 11.4. The second-order valence-electron chi connectivity index (χ2n) is 13.6. The standard InChI is InChI=1S/C39H36Cl2N4O5/c1-21-27(5-3-7-29(21)37-42-33-15-23(13-31(40)35(33)49-37)17-44-11-9-25(19-44)39(47)48)28-6-4-8-30(22(28)2)38-43-34-16-24(14-32(41)36(34)50-38)18-45-12-10-26(46)20-45/h3-8,13-16,25-26,46H,9-12,17-20H2,1-2H3,(H,47,48).